The second kappa shape index (κ2) is 6.38. The Balaban J connectivity index is 2.50. The predicted octanol–water partition coefficient (Wildman–Crippen LogP) is 2.89. The molecule has 1 aromatic carbocycles. The minimum absolute atomic E-state index is 0.0539. The van der Waals surface area contributed by atoms with Crippen molar-refractivity contribution in [2.24, 2.45) is 0 Å². The Morgan fingerprint density at radius 3 is 2.88 bits per heavy atom. The van der Waals surface area contributed by atoms with E-state index in [1.54, 1.807) is 11.9 Å². The zero-order chi connectivity index (χ0) is 12.0. The lowest BCUT2D eigenvalue weighted by molar-refractivity contribution is 0.207. The molecule has 0 aliphatic heterocycles. The van der Waals surface area contributed by atoms with Crippen LogP contribution in [0.2, 0.25) is 5.02 Å². The van der Waals surface area contributed by atoms with E-state index in [0.29, 0.717) is 18.1 Å². The highest BCUT2D eigenvalue weighted by Crippen LogP contribution is 2.11. The first-order valence-corrected chi connectivity index (χ1v) is 5.74. The molecule has 0 saturated heterocycles. The molecule has 4 heteroatoms. The fourth-order valence-electron chi connectivity index (χ4n) is 1.35. The van der Waals surface area contributed by atoms with Crippen molar-refractivity contribution in [3.63, 3.8) is 0 Å². The lowest BCUT2D eigenvalue weighted by Gasteiger charge is -2.17. The molecule has 0 atom stereocenters. The molecule has 3 nitrogen and oxygen atoms in total. The molecule has 1 aromatic rings. The van der Waals surface area contributed by atoms with Gasteiger partial charge in [0.2, 0.25) is 0 Å². The summed E-state index contributed by atoms with van der Waals surface area (Å²) in [6.45, 7) is 3.30. The van der Waals surface area contributed by atoms with Crippen LogP contribution in [-0.2, 0) is 6.54 Å². The first-order chi connectivity index (χ1) is 7.63. The standard InChI is InChI=1S/C12H17ClN2O/c1-3-7-14-12(16)15(2)9-10-5-4-6-11(13)8-10/h4-6,8H,3,7,9H2,1-2H3,(H,14,16). The maximum Gasteiger partial charge on any atom is 0.317 e. The number of carbonyl (C=O) groups is 1. The predicted molar refractivity (Wildman–Crippen MR) is 66.6 cm³/mol. The molecule has 0 aromatic heterocycles. The highest BCUT2D eigenvalue weighted by molar-refractivity contribution is 6.30. The number of hydrogen-bond donors (Lipinski definition) is 1. The number of halogens is 1. The average Bonchev–Trinajstić information content (AvgIpc) is 2.25. The quantitative estimate of drug-likeness (QED) is 0.863. The Morgan fingerprint density at radius 2 is 2.25 bits per heavy atom. The van der Waals surface area contributed by atoms with Gasteiger partial charge in [0.25, 0.3) is 0 Å². The SMILES string of the molecule is CCCNC(=O)N(C)Cc1cccc(Cl)c1. The van der Waals surface area contributed by atoms with Crippen molar-refractivity contribution >= 4 is 17.6 Å². The van der Waals surface area contributed by atoms with Gasteiger partial charge in [-0.25, -0.2) is 4.79 Å². The third kappa shape index (κ3) is 4.11. The van der Waals surface area contributed by atoms with Crippen molar-refractivity contribution in [3.8, 4) is 0 Å². The van der Waals surface area contributed by atoms with Crippen molar-refractivity contribution in [2.45, 2.75) is 19.9 Å². The molecule has 0 radical (unpaired) electrons. The Hall–Kier alpha value is -1.22. The summed E-state index contributed by atoms with van der Waals surface area (Å²) in [4.78, 5) is 13.2. The summed E-state index contributed by atoms with van der Waals surface area (Å²) in [5.74, 6) is 0. The van der Waals surface area contributed by atoms with Gasteiger partial charge in [-0.15, -0.1) is 0 Å². The molecule has 2 amide bonds. The second-order valence-corrected chi connectivity index (χ2v) is 4.15. The second-order valence-electron chi connectivity index (χ2n) is 3.72. The smallest absolute Gasteiger partial charge is 0.317 e. The molecule has 88 valence electrons. The van der Waals surface area contributed by atoms with Gasteiger partial charge in [-0.1, -0.05) is 30.7 Å². The molecule has 0 aliphatic rings. The minimum Gasteiger partial charge on any atom is -0.338 e. The molecule has 0 unspecified atom stereocenters. The van der Waals surface area contributed by atoms with Gasteiger partial charge in [0.15, 0.2) is 0 Å². The lowest BCUT2D eigenvalue weighted by Crippen LogP contribution is -2.37. The third-order valence-corrected chi connectivity index (χ3v) is 2.42. The largest absolute Gasteiger partial charge is 0.338 e. The van der Waals surface area contributed by atoms with Gasteiger partial charge in [0.05, 0.1) is 0 Å². The van der Waals surface area contributed by atoms with E-state index in [1.807, 2.05) is 31.2 Å². The third-order valence-electron chi connectivity index (χ3n) is 2.18. The Bertz CT molecular complexity index is 355. The van der Waals surface area contributed by atoms with E-state index in [9.17, 15) is 4.79 Å². The number of rotatable bonds is 4. The van der Waals surface area contributed by atoms with Gasteiger partial charge >= 0.3 is 6.03 Å². The van der Waals surface area contributed by atoms with Gasteiger partial charge in [-0.05, 0) is 24.1 Å². The number of amides is 2. The summed E-state index contributed by atoms with van der Waals surface area (Å²) < 4.78 is 0. The van der Waals surface area contributed by atoms with Crippen molar-refractivity contribution in [1.29, 1.82) is 0 Å². The van der Waals surface area contributed by atoms with Gasteiger partial charge in [-0.3, -0.25) is 0 Å². The van der Waals surface area contributed by atoms with E-state index in [0.717, 1.165) is 12.0 Å². The van der Waals surface area contributed by atoms with Crippen LogP contribution in [0.5, 0.6) is 0 Å². The topological polar surface area (TPSA) is 32.3 Å². The van der Waals surface area contributed by atoms with Gasteiger partial charge in [0, 0.05) is 25.2 Å². The van der Waals surface area contributed by atoms with E-state index in [-0.39, 0.29) is 6.03 Å². The van der Waals surface area contributed by atoms with Crippen LogP contribution in [0.3, 0.4) is 0 Å². The summed E-state index contributed by atoms with van der Waals surface area (Å²) in [6, 6.07) is 7.47. The zero-order valence-electron chi connectivity index (χ0n) is 9.66. The van der Waals surface area contributed by atoms with Crippen molar-refractivity contribution in [1.82, 2.24) is 10.2 Å². The highest BCUT2D eigenvalue weighted by Gasteiger charge is 2.07. The molecule has 0 saturated carbocycles. The number of carbonyl (C=O) groups excluding carboxylic acids is 1. The van der Waals surface area contributed by atoms with Gasteiger partial charge in [-0.2, -0.15) is 0 Å². The van der Waals surface area contributed by atoms with Crippen molar-refractivity contribution in [3.05, 3.63) is 34.9 Å². The fourth-order valence-corrected chi connectivity index (χ4v) is 1.56. The molecule has 0 aliphatic carbocycles. The zero-order valence-corrected chi connectivity index (χ0v) is 10.4. The number of benzene rings is 1. The fraction of sp³-hybridized carbons (Fsp3) is 0.417. The van der Waals surface area contributed by atoms with Crippen LogP contribution >= 0.6 is 11.6 Å². The number of urea groups is 1. The van der Waals surface area contributed by atoms with Crippen LogP contribution in [0, 0.1) is 0 Å². The summed E-state index contributed by atoms with van der Waals surface area (Å²) in [7, 11) is 1.77. The molecule has 0 bridgehead atoms. The van der Waals surface area contributed by atoms with Crippen LogP contribution in [0.4, 0.5) is 4.79 Å². The lowest BCUT2D eigenvalue weighted by atomic mass is 10.2. The summed E-state index contributed by atoms with van der Waals surface area (Å²) >= 11 is 5.87. The van der Waals surface area contributed by atoms with Crippen molar-refractivity contribution < 1.29 is 4.79 Å². The summed E-state index contributed by atoms with van der Waals surface area (Å²) in [5, 5.41) is 3.52. The Kier molecular flexibility index (Phi) is 5.12. The van der Waals surface area contributed by atoms with E-state index >= 15 is 0 Å². The van der Waals surface area contributed by atoms with Gasteiger partial charge < -0.3 is 10.2 Å². The molecule has 0 heterocycles. The molecule has 0 fully saturated rings. The molecule has 1 N–H and O–H groups in total. The highest BCUT2D eigenvalue weighted by atomic mass is 35.5. The maximum absolute atomic E-state index is 11.6. The van der Waals surface area contributed by atoms with E-state index in [1.165, 1.54) is 0 Å². The number of hydrogen-bond acceptors (Lipinski definition) is 1. The molecule has 0 spiro atoms. The van der Waals surface area contributed by atoms with Gasteiger partial charge in [0.1, 0.15) is 0 Å². The first-order valence-electron chi connectivity index (χ1n) is 5.37. The van der Waals surface area contributed by atoms with E-state index in [4.69, 9.17) is 11.6 Å². The normalized spacial score (nSPS) is 9.94. The Labute approximate surface area is 101 Å². The molecule has 16 heavy (non-hydrogen) atoms. The molecular formula is C12H17ClN2O. The van der Waals surface area contributed by atoms with Crippen LogP contribution in [0.15, 0.2) is 24.3 Å². The average molecular weight is 241 g/mol. The minimum atomic E-state index is -0.0539. The van der Waals surface area contributed by atoms with Crippen molar-refractivity contribution in [2.75, 3.05) is 13.6 Å². The van der Waals surface area contributed by atoms with Crippen LogP contribution < -0.4 is 5.32 Å². The molecular weight excluding hydrogens is 224 g/mol. The first kappa shape index (κ1) is 12.8. The number of nitrogens with one attached hydrogen (secondary N) is 1. The summed E-state index contributed by atoms with van der Waals surface area (Å²) in [5.41, 5.74) is 1.03. The monoisotopic (exact) mass is 240 g/mol. The number of nitrogens with zero attached hydrogens (tertiary/aromatic N) is 1. The Morgan fingerprint density at radius 1 is 1.50 bits per heavy atom. The van der Waals surface area contributed by atoms with E-state index in [2.05, 4.69) is 5.32 Å². The molecule has 1 rings (SSSR count). The summed E-state index contributed by atoms with van der Waals surface area (Å²) in [6.07, 6.45) is 0.941. The van der Waals surface area contributed by atoms with Crippen LogP contribution in [0.1, 0.15) is 18.9 Å². The van der Waals surface area contributed by atoms with E-state index < -0.39 is 0 Å². The maximum atomic E-state index is 11.6. The van der Waals surface area contributed by atoms with Crippen LogP contribution in [-0.4, -0.2) is 24.5 Å². The van der Waals surface area contributed by atoms with Crippen LogP contribution in [0.25, 0.3) is 0 Å².